The van der Waals surface area contributed by atoms with Crippen molar-refractivity contribution < 1.29 is 34.5 Å². The lowest BCUT2D eigenvalue weighted by atomic mass is 10.1. The molecule has 0 fully saturated rings. The predicted octanol–water partition coefficient (Wildman–Crippen LogP) is 3.29. The van der Waals surface area contributed by atoms with E-state index in [1.165, 1.54) is 66.7 Å². The molecule has 0 aromatic heterocycles. The number of amides is 2. The zero-order chi connectivity index (χ0) is 22.5. The fourth-order valence-electron chi connectivity index (χ4n) is 2.64. The number of carboxylic acids is 2. The Balaban J connectivity index is 1.73. The Labute approximate surface area is 175 Å². The molecule has 0 radical (unpaired) electrons. The molecular formula is C22H16N2O7. The van der Waals surface area contributed by atoms with E-state index < -0.39 is 23.8 Å². The lowest BCUT2D eigenvalue weighted by molar-refractivity contribution is 0.0686. The first-order valence-corrected chi connectivity index (χ1v) is 8.87. The van der Waals surface area contributed by atoms with Crippen molar-refractivity contribution in [2.75, 3.05) is 10.6 Å². The number of nitrogens with one attached hydrogen (secondary N) is 2. The molecule has 5 N–H and O–H groups in total. The first-order valence-electron chi connectivity index (χ1n) is 8.87. The maximum Gasteiger partial charge on any atom is 0.335 e. The maximum atomic E-state index is 12.4. The molecule has 9 nitrogen and oxygen atoms in total. The minimum Gasteiger partial charge on any atom is -0.506 e. The Hall–Kier alpha value is -4.66. The molecule has 9 heteroatoms. The van der Waals surface area contributed by atoms with Crippen LogP contribution in [0.25, 0.3) is 0 Å². The van der Waals surface area contributed by atoms with Gasteiger partial charge in [0, 0.05) is 16.8 Å². The Morgan fingerprint density at radius 1 is 0.581 bits per heavy atom. The van der Waals surface area contributed by atoms with E-state index in [0.717, 1.165) is 0 Å². The van der Waals surface area contributed by atoms with Gasteiger partial charge in [-0.05, 0) is 66.7 Å². The Kier molecular flexibility index (Phi) is 5.97. The summed E-state index contributed by atoms with van der Waals surface area (Å²) in [5.74, 6) is -3.56. The highest BCUT2D eigenvalue weighted by atomic mass is 16.4. The van der Waals surface area contributed by atoms with Crippen LogP contribution in [-0.2, 0) is 0 Å². The van der Waals surface area contributed by atoms with Gasteiger partial charge in [-0.1, -0.05) is 0 Å². The molecular weight excluding hydrogens is 404 g/mol. The molecule has 0 bridgehead atoms. The standard InChI is InChI=1S/C22H16N2O7/c25-18-10-9-16(23-19(26)12-1-5-14(6-2-12)21(28)29)11-17(18)24-20(27)13-3-7-15(8-4-13)22(30)31/h1-11,25H,(H,23,26)(H,24,27)(H,28,29)(H,30,31). The van der Waals surface area contributed by atoms with Crippen LogP contribution in [0.3, 0.4) is 0 Å². The summed E-state index contributed by atoms with van der Waals surface area (Å²) in [4.78, 5) is 46.5. The van der Waals surface area contributed by atoms with Gasteiger partial charge in [-0.15, -0.1) is 0 Å². The Morgan fingerprint density at radius 3 is 1.45 bits per heavy atom. The summed E-state index contributed by atoms with van der Waals surface area (Å²) in [7, 11) is 0. The van der Waals surface area contributed by atoms with E-state index in [1.807, 2.05) is 0 Å². The molecule has 0 atom stereocenters. The number of benzene rings is 3. The van der Waals surface area contributed by atoms with Crippen molar-refractivity contribution >= 4 is 35.1 Å². The molecule has 3 aromatic carbocycles. The van der Waals surface area contributed by atoms with E-state index in [9.17, 15) is 24.3 Å². The number of hydrogen-bond donors (Lipinski definition) is 5. The summed E-state index contributed by atoms with van der Waals surface area (Å²) in [6, 6.07) is 14.6. The molecule has 0 heterocycles. The molecule has 3 rings (SSSR count). The molecule has 31 heavy (non-hydrogen) atoms. The Bertz CT molecular complexity index is 1170. The third-order valence-electron chi connectivity index (χ3n) is 4.29. The van der Waals surface area contributed by atoms with E-state index in [1.54, 1.807) is 0 Å². The largest absolute Gasteiger partial charge is 0.506 e. The molecule has 0 unspecified atom stereocenters. The van der Waals surface area contributed by atoms with E-state index in [0.29, 0.717) is 0 Å². The SMILES string of the molecule is O=C(O)c1ccc(C(=O)Nc2ccc(O)c(NC(=O)c3ccc(C(=O)O)cc3)c2)cc1. The van der Waals surface area contributed by atoms with Crippen molar-refractivity contribution in [1.29, 1.82) is 0 Å². The Morgan fingerprint density at radius 2 is 1.00 bits per heavy atom. The van der Waals surface area contributed by atoms with Crippen LogP contribution in [0.5, 0.6) is 5.75 Å². The molecule has 156 valence electrons. The predicted molar refractivity (Wildman–Crippen MR) is 111 cm³/mol. The highest BCUT2D eigenvalue weighted by molar-refractivity contribution is 6.07. The van der Waals surface area contributed by atoms with Gasteiger partial charge in [0.2, 0.25) is 0 Å². The molecule has 0 aliphatic heterocycles. The second kappa shape index (κ2) is 8.78. The van der Waals surface area contributed by atoms with Crippen LogP contribution in [0.4, 0.5) is 11.4 Å². The monoisotopic (exact) mass is 420 g/mol. The van der Waals surface area contributed by atoms with Gasteiger partial charge in [-0.25, -0.2) is 9.59 Å². The second-order valence-electron chi connectivity index (χ2n) is 6.41. The van der Waals surface area contributed by atoms with Crippen LogP contribution in [-0.4, -0.2) is 39.1 Å². The third kappa shape index (κ3) is 5.04. The van der Waals surface area contributed by atoms with Crippen molar-refractivity contribution in [2.24, 2.45) is 0 Å². The van der Waals surface area contributed by atoms with Crippen molar-refractivity contribution in [3.05, 3.63) is 89.0 Å². The smallest absolute Gasteiger partial charge is 0.335 e. The first-order chi connectivity index (χ1) is 14.7. The number of phenols is 1. The lowest BCUT2D eigenvalue weighted by Crippen LogP contribution is -2.14. The number of rotatable bonds is 6. The molecule has 0 aliphatic rings. The first kappa shape index (κ1) is 21.1. The summed E-state index contributed by atoms with van der Waals surface area (Å²) in [6.07, 6.45) is 0. The lowest BCUT2D eigenvalue weighted by Gasteiger charge is -2.11. The topological polar surface area (TPSA) is 153 Å². The highest BCUT2D eigenvalue weighted by Crippen LogP contribution is 2.27. The van der Waals surface area contributed by atoms with Crippen LogP contribution in [0.2, 0.25) is 0 Å². The minimum absolute atomic E-state index is 0.0282. The van der Waals surface area contributed by atoms with Gasteiger partial charge < -0.3 is 26.0 Å². The van der Waals surface area contributed by atoms with Crippen LogP contribution in [0, 0.1) is 0 Å². The number of anilines is 2. The quantitative estimate of drug-likeness (QED) is 0.303. The highest BCUT2D eigenvalue weighted by Gasteiger charge is 2.13. The average molecular weight is 420 g/mol. The van der Waals surface area contributed by atoms with Gasteiger partial charge in [0.25, 0.3) is 11.8 Å². The fourth-order valence-corrected chi connectivity index (χ4v) is 2.64. The number of aromatic carboxylic acids is 2. The second-order valence-corrected chi connectivity index (χ2v) is 6.41. The van der Waals surface area contributed by atoms with Crippen molar-refractivity contribution in [2.45, 2.75) is 0 Å². The zero-order valence-electron chi connectivity index (χ0n) is 15.8. The van der Waals surface area contributed by atoms with Crippen molar-refractivity contribution in [3.63, 3.8) is 0 Å². The molecule has 0 aliphatic carbocycles. The third-order valence-corrected chi connectivity index (χ3v) is 4.29. The number of carbonyl (C=O) groups is 4. The van der Waals surface area contributed by atoms with Gasteiger partial charge in [0.15, 0.2) is 0 Å². The van der Waals surface area contributed by atoms with Crippen LogP contribution < -0.4 is 10.6 Å². The van der Waals surface area contributed by atoms with E-state index >= 15 is 0 Å². The summed E-state index contributed by atoms with van der Waals surface area (Å²) < 4.78 is 0. The number of hydrogen-bond acceptors (Lipinski definition) is 5. The van der Waals surface area contributed by atoms with Crippen LogP contribution >= 0.6 is 0 Å². The normalized spacial score (nSPS) is 10.2. The summed E-state index contributed by atoms with van der Waals surface area (Å²) in [5.41, 5.74) is 0.788. The van der Waals surface area contributed by atoms with Crippen molar-refractivity contribution in [3.8, 4) is 5.75 Å². The van der Waals surface area contributed by atoms with Crippen molar-refractivity contribution in [1.82, 2.24) is 0 Å². The van der Waals surface area contributed by atoms with Crippen LogP contribution in [0.15, 0.2) is 66.7 Å². The summed E-state index contributed by atoms with van der Waals surface area (Å²) >= 11 is 0. The van der Waals surface area contributed by atoms with E-state index in [4.69, 9.17) is 10.2 Å². The fraction of sp³-hybridized carbons (Fsp3) is 0. The number of aromatic hydroxyl groups is 1. The summed E-state index contributed by atoms with van der Waals surface area (Å²) in [5, 5.41) is 32.9. The van der Waals surface area contributed by atoms with Crippen LogP contribution in [0.1, 0.15) is 41.4 Å². The van der Waals surface area contributed by atoms with E-state index in [-0.39, 0.29) is 39.4 Å². The molecule has 3 aromatic rings. The van der Waals surface area contributed by atoms with Gasteiger partial charge in [-0.3, -0.25) is 9.59 Å². The molecule has 0 saturated heterocycles. The summed E-state index contributed by atoms with van der Waals surface area (Å²) in [6.45, 7) is 0. The number of carboxylic acid groups (broad SMARTS) is 2. The number of phenolic OH excluding ortho intramolecular Hbond substituents is 1. The van der Waals surface area contributed by atoms with Gasteiger partial charge >= 0.3 is 11.9 Å². The molecule has 0 spiro atoms. The van der Waals surface area contributed by atoms with E-state index in [2.05, 4.69) is 10.6 Å². The molecule has 0 saturated carbocycles. The van der Waals surface area contributed by atoms with Gasteiger partial charge in [0.05, 0.1) is 16.8 Å². The minimum atomic E-state index is -1.12. The zero-order valence-corrected chi connectivity index (χ0v) is 15.8. The average Bonchev–Trinajstić information content (AvgIpc) is 2.76. The van der Waals surface area contributed by atoms with Gasteiger partial charge in [0.1, 0.15) is 5.75 Å². The maximum absolute atomic E-state index is 12.4. The number of carbonyl (C=O) groups excluding carboxylic acids is 2. The molecule has 2 amide bonds. The van der Waals surface area contributed by atoms with Gasteiger partial charge in [-0.2, -0.15) is 0 Å².